The summed E-state index contributed by atoms with van der Waals surface area (Å²) in [7, 11) is 0. The maximum Gasteiger partial charge on any atom is 0.102 e. The minimum Gasteiger partial charge on any atom is -0.393 e. The molecule has 0 spiro atoms. The molecule has 4 saturated carbocycles. The molecule has 3 N–H and O–H groups in total. The Bertz CT molecular complexity index is 1100. The molecule has 1 heterocycles. The third-order valence-electron chi connectivity index (χ3n) is 10.2. The first-order valence-electron chi connectivity index (χ1n) is 14.4. The molecular formula is C32H45NO3S. The Morgan fingerprint density at radius 3 is 2.68 bits per heavy atom. The number of rotatable bonds is 7. The zero-order valence-electron chi connectivity index (χ0n) is 22.8. The zero-order valence-corrected chi connectivity index (χ0v) is 23.6. The van der Waals surface area contributed by atoms with E-state index >= 15 is 0 Å². The fraction of sp³-hybridized carbons (Fsp3) is 0.656. The average molecular weight is 524 g/mol. The summed E-state index contributed by atoms with van der Waals surface area (Å²) in [5.41, 5.74) is 4.52. The van der Waals surface area contributed by atoms with E-state index in [1.165, 1.54) is 31.3 Å². The Balaban J connectivity index is 1.28. The van der Waals surface area contributed by atoms with E-state index < -0.39 is 18.3 Å². The molecular weight excluding hydrogens is 478 g/mol. The van der Waals surface area contributed by atoms with Crippen LogP contribution in [0.5, 0.6) is 0 Å². The van der Waals surface area contributed by atoms with Gasteiger partial charge in [-0.15, -0.1) is 11.3 Å². The lowest BCUT2D eigenvalue weighted by Crippen LogP contribution is -2.35. The molecule has 0 saturated heterocycles. The van der Waals surface area contributed by atoms with Gasteiger partial charge in [0.15, 0.2) is 0 Å². The van der Waals surface area contributed by atoms with Gasteiger partial charge in [0.25, 0.3) is 0 Å². The first-order chi connectivity index (χ1) is 17.7. The maximum absolute atomic E-state index is 11.2. The highest BCUT2D eigenvalue weighted by Gasteiger charge is 2.53. The van der Waals surface area contributed by atoms with Gasteiger partial charge in [0.2, 0.25) is 0 Å². The van der Waals surface area contributed by atoms with E-state index in [0.29, 0.717) is 30.6 Å². The number of aryl methyl sites for hydroxylation is 1. The molecule has 5 heteroatoms. The molecule has 0 radical (unpaired) electrons. The topological polar surface area (TPSA) is 73.6 Å². The molecule has 4 fully saturated rings. The molecule has 0 unspecified atom stereocenters. The molecule has 4 nitrogen and oxygen atoms in total. The molecule has 0 amide bonds. The summed E-state index contributed by atoms with van der Waals surface area (Å²) in [5, 5.41) is 34.8. The summed E-state index contributed by atoms with van der Waals surface area (Å²) in [6.07, 6.45) is 17.2. The molecule has 1 aromatic rings. The number of nitrogens with zero attached hydrogens (tertiary/aromatic N) is 1. The standard InChI is InChI=1S/C32H45NO3S/c1-5-24-19-37-30(33-24)32(15-16-32)29(36)13-8-20(2)26-11-12-27-22(7-6-14-31(26,27)4)9-10-23-17-25(34)18-28(35)21(23)3/h8-10,13,19-20,25-29,34-36H,3,5-7,11-12,14-18H2,1-2,4H3/b13-8+,22-9+,23-10-/t20-,25-,26-,27+,28+,29+,31-/m1/s1. The Morgan fingerprint density at radius 1 is 1.19 bits per heavy atom. The van der Waals surface area contributed by atoms with Gasteiger partial charge >= 0.3 is 0 Å². The Hall–Kier alpha value is -1.53. The summed E-state index contributed by atoms with van der Waals surface area (Å²) in [4.78, 5) is 4.81. The van der Waals surface area contributed by atoms with Crippen LogP contribution in [0.1, 0.15) is 89.3 Å². The number of thiazole rings is 1. The van der Waals surface area contributed by atoms with E-state index in [4.69, 9.17) is 4.98 Å². The molecule has 5 rings (SSSR count). The van der Waals surface area contributed by atoms with Crippen molar-refractivity contribution in [3.63, 3.8) is 0 Å². The fourth-order valence-electron chi connectivity index (χ4n) is 7.68. The quantitative estimate of drug-likeness (QED) is 0.360. The molecule has 0 aromatic carbocycles. The largest absolute Gasteiger partial charge is 0.393 e. The molecule has 4 aliphatic rings. The zero-order chi connectivity index (χ0) is 26.4. The van der Waals surface area contributed by atoms with Crippen LogP contribution in [0.15, 0.2) is 53.0 Å². The third-order valence-corrected chi connectivity index (χ3v) is 11.3. The Labute approximate surface area is 226 Å². The number of fused-ring (bicyclic) bond motifs is 1. The molecule has 4 aliphatic carbocycles. The lowest BCUT2D eigenvalue weighted by atomic mass is 9.61. The molecule has 0 bridgehead atoms. The lowest BCUT2D eigenvalue weighted by Gasteiger charge is -2.44. The highest BCUT2D eigenvalue weighted by molar-refractivity contribution is 7.09. The van der Waals surface area contributed by atoms with E-state index in [9.17, 15) is 15.3 Å². The number of aromatic nitrogens is 1. The maximum atomic E-state index is 11.2. The predicted octanol–water partition coefficient (Wildman–Crippen LogP) is 6.43. The third kappa shape index (κ3) is 5.09. The van der Waals surface area contributed by atoms with Crippen LogP contribution in [0.4, 0.5) is 0 Å². The second-order valence-electron chi connectivity index (χ2n) is 12.5. The second kappa shape index (κ2) is 10.6. The number of hydrogen-bond donors (Lipinski definition) is 3. The van der Waals surface area contributed by atoms with Gasteiger partial charge in [-0.25, -0.2) is 4.98 Å². The first-order valence-corrected chi connectivity index (χ1v) is 15.3. The van der Waals surface area contributed by atoms with Crippen molar-refractivity contribution in [3.05, 3.63) is 63.7 Å². The van der Waals surface area contributed by atoms with Crippen LogP contribution in [0.2, 0.25) is 0 Å². The second-order valence-corrected chi connectivity index (χ2v) is 13.4. The van der Waals surface area contributed by atoms with Crippen molar-refractivity contribution in [2.45, 2.75) is 109 Å². The van der Waals surface area contributed by atoms with E-state index in [1.54, 1.807) is 11.3 Å². The Kier molecular flexibility index (Phi) is 7.72. The van der Waals surface area contributed by atoms with Gasteiger partial charge in [0.05, 0.1) is 29.4 Å². The molecule has 202 valence electrons. The highest BCUT2D eigenvalue weighted by atomic mass is 32.1. The van der Waals surface area contributed by atoms with Crippen LogP contribution in [0.25, 0.3) is 0 Å². The van der Waals surface area contributed by atoms with Gasteiger partial charge in [-0.1, -0.05) is 57.2 Å². The predicted molar refractivity (Wildman–Crippen MR) is 151 cm³/mol. The van der Waals surface area contributed by atoms with Crippen molar-refractivity contribution < 1.29 is 15.3 Å². The monoisotopic (exact) mass is 523 g/mol. The summed E-state index contributed by atoms with van der Waals surface area (Å²) < 4.78 is 0. The summed E-state index contributed by atoms with van der Waals surface area (Å²) in [6.45, 7) is 11.1. The van der Waals surface area contributed by atoms with E-state index in [-0.39, 0.29) is 10.8 Å². The lowest BCUT2D eigenvalue weighted by molar-refractivity contribution is 0.0862. The van der Waals surface area contributed by atoms with Crippen LogP contribution in [0, 0.1) is 23.2 Å². The van der Waals surface area contributed by atoms with Gasteiger partial charge in [-0.2, -0.15) is 0 Å². The smallest absolute Gasteiger partial charge is 0.102 e. The van der Waals surface area contributed by atoms with Crippen molar-refractivity contribution in [2.24, 2.45) is 23.2 Å². The van der Waals surface area contributed by atoms with E-state index in [1.807, 2.05) is 0 Å². The summed E-state index contributed by atoms with van der Waals surface area (Å²) in [6, 6.07) is 0. The minimum absolute atomic E-state index is 0.158. The normalized spacial score (nSPS) is 37.3. The minimum atomic E-state index is -0.636. The first kappa shape index (κ1) is 27.1. The number of allylic oxidation sites excluding steroid dienone is 4. The van der Waals surface area contributed by atoms with Crippen LogP contribution < -0.4 is 0 Å². The van der Waals surface area contributed by atoms with Crippen molar-refractivity contribution in [1.29, 1.82) is 0 Å². The van der Waals surface area contributed by atoms with Crippen molar-refractivity contribution >= 4 is 11.3 Å². The van der Waals surface area contributed by atoms with Crippen LogP contribution in [-0.2, 0) is 11.8 Å². The summed E-state index contributed by atoms with van der Waals surface area (Å²) in [5.74, 6) is 1.60. The van der Waals surface area contributed by atoms with Crippen molar-refractivity contribution in [3.8, 4) is 0 Å². The van der Waals surface area contributed by atoms with Gasteiger partial charge in [-0.05, 0) is 92.1 Å². The number of hydrogen-bond acceptors (Lipinski definition) is 5. The number of aliphatic hydroxyl groups is 3. The van der Waals surface area contributed by atoms with E-state index in [0.717, 1.165) is 47.5 Å². The van der Waals surface area contributed by atoms with Crippen LogP contribution in [-0.4, -0.2) is 38.6 Å². The van der Waals surface area contributed by atoms with E-state index in [2.05, 4.69) is 57.0 Å². The molecule has 0 aliphatic heterocycles. The van der Waals surface area contributed by atoms with Gasteiger partial charge in [0, 0.05) is 11.8 Å². The molecule has 1 aromatic heterocycles. The molecule has 7 atom stereocenters. The van der Waals surface area contributed by atoms with Crippen LogP contribution in [0.3, 0.4) is 0 Å². The Morgan fingerprint density at radius 2 is 1.97 bits per heavy atom. The average Bonchev–Trinajstić information content (AvgIpc) is 3.39. The fourth-order valence-corrected chi connectivity index (χ4v) is 8.87. The van der Waals surface area contributed by atoms with Gasteiger partial charge < -0.3 is 15.3 Å². The summed E-state index contributed by atoms with van der Waals surface area (Å²) >= 11 is 1.71. The van der Waals surface area contributed by atoms with Gasteiger partial charge in [-0.3, -0.25) is 0 Å². The van der Waals surface area contributed by atoms with Crippen molar-refractivity contribution in [1.82, 2.24) is 4.98 Å². The molecule has 37 heavy (non-hydrogen) atoms. The van der Waals surface area contributed by atoms with Crippen LogP contribution >= 0.6 is 11.3 Å². The van der Waals surface area contributed by atoms with Crippen molar-refractivity contribution in [2.75, 3.05) is 0 Å². The highest BCUT2D eigenvalue weighted by Crippen LogP contribution is 2.60. The van der Waals surface area contributed by atoms with Gasteiger partial charge in [0.1, 0.15) is 5.01 Å². The SMILES string of the molecule is C=C1/C(=C\C=C2/CCC[C@]3(C)[C@@H]([C@H](C)/C=C/[C@H](O)C4(c5nc(CC)cs5)CC4)CC[C@@H]23)C[C@@H](O)C[C@@H]1O. The number of aliphatic hydroxyl groups excluding tert-OH is 3.